The second kappa shape index (κ2) is 4.68. The predicted octanol–water partition coefficient (Wildman–Crippen LogP) is 3.55. The van der Waals surface area contributed by atoms with E-state index in [4.69, 9.17) is 23.8 Å². The molecule has 0 radical (unpaired) electrons. The van der Waals surface area contributed by atoms with Crippen molar-refractivity contribution < 1.29 is 0 Å². The van der Waals surface area contributed by atoms with Crippen LogP contribution in [0.4, 0.5) is 5.69 Å². The molecule has 80 valence electrons. The summed E-state index contributed by atoms with van der Waals surface area (Å²) in [6.45, 7) is 0. The molecule has 2 nitrogen and oxygen atoms in total. The van der Waals surface area contributed by atoms with Crippen molar-refractivity contribution in [3.8, 4) is 0 Å². The topological polar surface area (TPSA) is 24.1 Å². The summed E-state index contributed by atoms with van der Waals surface area (Å²) >= 11 is 14.4. The Balaban J connectivity index is 1.99. The van der Waals surface area contributed by atoms with Crippen LogP contribution in [0, 0.1) is 0 Å². The van der Waals surface area contributed by atoms with Gasteiger partial charge in [-0.1, -0.05) is 11.6 Å². The van der Waals surface area contributed by atoms with Crippen molar-refractivity contribution in [3.05, 3.63) is 27.7 Å². The highest BCUT2D eigenvalue weighted by molar-refractivity contribution is 9.10. The highest BCUT2D eigenvalue weighted by atomic mass is 79.9. The molecule has 1 aliphatic carbocycles. The van der Waals surface area contributed by atoms with Crippen molar-refractivity contribution in [1.29, 1.82) is 0 Å². The van der Waals surface area contributed by atoms with Crippen LogP contribution < -0.4 is 10.6 Å². The lowest BCUT2D eigenvalue weighted by molar-refractivity contribution is 0.919. The van der Waals surface area contributed by atoms with Gasteiger partial charge < -0.3 is 10.6 Å². The van der Waals surface area contributed by atoms with Gasteiger partial charge in [0.2, 0.25) is 0 Å². The van der Waals surface area contributed by atoms with Crippen molar-refractivity contribution in [1.82, 2.24) is 5.32 Å². The SMILES string of the molecule is S=C(Nc1ccc(Cl)cc1Br)NC1CC1. The summed E-state index contributed by atoms with van der Waals surface area (Å²) in [7, 11) is 0. The van der Waals surface area contributed by atoms with Gasteiger partial charge in [0, 0.05) is 15.5 Å². The lowest BCUT2D eigenvalue weighted by Crippen LogP contribution is -2.30. The highest BCUT2D eigenvalue weighted by Crippen LogP contribution is 2.26. The van der Waals surface area contributed by atoms with Crippen molar-refractivity contribution in [2.45, 2.75) is 18.9 Å². The monoisotopic (exact) mass is 304 g/mol. The number of anilines is 1. The molecule has 15 heavy (non-hydrogen) atoms. The molecule has 5 heteroatoms. The first-order chi connectivity index (χ1) is 7.15. The fourth-order valence-corrected chi connectivity index (χ4v) is 2.22. The van der Waals surface area contributed by atoms with E-state index >= 15 is 0 Å². The molecule has 1 saturated carbocycles. The Hall–Kier alpha value is -0.320. The summed E-state index contributed by atoms with van der Waals surface area (Å²) in [5.74, 6) is 0. The molecule has 0 amide bonds. The molecule has 0 heterocycles. The van der Waals surface area contributed by atoms with Gasteiger partial charge in [0.05, 0.1) is 5.69 Å². The van der Waals surface area contributed by atoms with Crippen LogP contribution in [-0.4, -0.2) is 11.2 Å². The molecule has 1 aliphatic rings. The number of nitrogens with one attached hydrogen (secondary N) is 2. The predicted molar refractivity (Wildman–Crippen MR) is 71.5 cm³/mol. The summed E-state index contributed by atoms with van der Waals surface area (Å²) in [5.41, 5.74) is 0.928. The molecule has 0 bridgehead atoms. The maximum atomic E-state index is 5.84. The van der Waals surface area contributed by atoms with Crippen LogP contribution in [0.1, 0.15) is 12.8 Å². The van der Waals surface area contributed by atoms with Crippen molar-refractivity contribution in [2.75, 3.05) is 5.32 Å². The van der Waals surface area contributed by atoms with Gasteiger partial charge in [-0.2, -0.15) is 0 Å². The van der Waals surface area contributed by atoms with Crippen LogP contribution in [-0.2, 0) is 0 Å². The van der Waals surface area contributed by atoms with Crippen LogP contribution in [0.25, 0.3) is 0 Å². The number of thiocarbonyl (C=S) groups is 1. The lowest BCUT2D eigenvalue weighted by Gasteiger charge is -2.11. The van der Waals surface area contributed by atoms with Gasteiger partial charge in [-0.15, -0.1) is 0 Å². The van der Waals surface area contributed by atoms with Gasteiger partial charge in [-0.05, 0) is 59.2 Å². The minimum atomic E-state index is 0.566. The van der Waals surface area contributed by atoms with E-state index in [-0.39, 0.29) is 0 Å². The third kappa shape index (κ3) is 3.33. The quantitative estimate of drug-likeness (QED) is 0.817. The van der Waals surface area contributed by atoms with E-state index in [1.165, 1.54) is 12.8 Å². The summed E-state index contributed by atoms with van der Waals surface area (Å²) in [4.78, 5) is 0. The molecule has 2 N–H and O–H groups in total. The first-order valence-electron chi connectivity index (χ1n) is 4.68. The molecule has 0 aromatic heterocycles. The molecule has 1 fully saturated rings. The van der Waals surface area contributed by atoms with E-state index < -0.39 is 0 Å². The minimum absolute atomic E-state index is 0.566. The minimum Gasteiger partial charge on any atom is -0.360 e. The largest absolute Gasteiger partial charge is 0.360 e. The smallest absolute Gasteiger partial charge is 0.171 e. The summed E-state index contributed by atoms with van der Waals surface area (Å²) in [6.07, 6.45) is 2.42. The van der Waals surface area contributed by atoms with Gasteiger partial charge in [-0.3, -0.25) is 0 Å². The van der Waals surface area contributed by atoms with Crippen LogP contribution >= 0.6 is 39.7 Å². The zero-order valence-corrected chi connectivity index (χ0v) is 11.0. The van der Waals surface area contributed by atoms with Crippen LogP contribution in [0.5, 0.6) is 0 Å². The van der Waals surface area contributed by atoms with E-state index in [9.17, 15) is 0 Å². The molecule has 0 unspecified atom stereocenters. The van der Waals surface area contributed by atoms with Crippen molar-refractivity contribution >= 4 is 50.5 Å². The van der Waals surface area contributed by atoms with E-state index in [1.807, 2.05) is 18.2 Å². The number of halogens is 2. The molecular weight excluding hydrogens is 296 g/mol. The Morgan fingerprint density at radius 2 is 2.20 bits per heavy atom. The number of hydrogen-bond acceptors (Lipinski definition) is 1. The Morgan fingerprint density at radius 1 is 1.47 bits per heavy atom. The molecule has 2 rings (SSSR count). The number of rotatable bonds is 2. The Morgan fingerprint density at radius 3 is 2.80 bits per heavy atom. The fourth-order valence-electron chi connectivity index (χ4n) is 1.16. The van der Waals surface area contributed by atoms with Gasteiger partial charge >= 0.3 is 0 Å². The van der Waals surface area contributed by atoms with Crippen LogP contribution in [0.3, 0.4) is 0 Å². The average molecular weight is 306 g/mol. The molecule has 0 atom stereocenters. The first-order valence-corrected chi connectivity index (χ1v) is 6.25. The van der Waals surface area contributed by atoms with Gasteiger partial charge in [0.1, 0.15) is 0 Å². The van der Waals surface area contributed by atoms with Crippen molar-refractivity contribution in [2.24, 2.45) is 0 Å². The lowest BCUT2D eigenvalue weighted by atomic mass is 10.3. The standard InChI is InChI=1S/C10H10BrClN2S/c11-8-5-6(12)1-4-9(8)14-10(15)13-7-2-3-7/h1,4-5,7H,2-3H2,(H2,13,14,15). The zero-order chi connectivity index (χ0) is 10.8. The Labute approximate surface area is 108 Å². The third-order valence-electron chi connectivity index (χ3n) is 2.09. The Kier molecular flexibility index (Phi) is 3.49. The summed E-state index contributed by atoms with van der Waals surface area (Å²) in [6, 6.07) is 6.13. The molecular formula is C10H10BrClN2S. The number of benzene rings is 1. The molecule has 0 aliphatic heterocycles. The molecule has 1 aromatic rings. The maximum absolute atomic E-state index is 5.84. The van der Waals surface area contributed by atoms with Gasteiger partial charge in [0.25, 0.3) is 0 Å². The normalized spacial score (nSPS) is 14.8. The van der Waals surface area contributed by atoms with Crippen LogP contribution in [0.2, 0.25) is 5.02 Å². The first kappa shape index (κ1) is 11.2. The second-order valence-electron chi connectivity index (χ2n) is 3.50. The van der Waals surface area contributed by atoms with E-state index in [2.05, 4.69) is 26.6 Å². The van der Waals surface area contributed by atoms with E-state index in [1.54, 1.807) is 0 Å². The van der Waals surface area contributed by atoms with Gasteiger partial charge in [0.15, 0.2) is 5.11 Å². The van der Waals surface area contributed by atoms with Crippen LogP contribution in [0.15, 0.2) is 22.7 Å². The van der Waals surface area contributed by atoms with E-state index in [0.29, 0.717) is 16.2 Å². The highest BCUT2D eigenvalue weighted by Gasteiger charge is 2.21. The van der Waals surface area contributed by atoms with Gasteiger partial charge in [-0.25, -0.2) is 0 Å². The molecule has 0 saturated heterocycles. The van der Waals surface area contributed by atoms with E-state index in [0.717, 1.165) is 10.2 Å². The average Bonchev–Trinajstić information content (AvgIpc) is 2.94. The fraction of sp³-hybridized carbons (Fsp3) is 0.300. The zero-order valence-electron chi connectivity index (χ0n) is 7.89. The van der Waals surface area contributed by atoms with Crippen molar-refractivity contribution in [3.63, 3.8) is 0 Å². The number of hydrogen-bond donors (Lipinski definition) is 2. The Bertz CT molecular complexity index is 393. The molecule has 1 aromatic carbocycles. The third-order valence-corrected chi connectivity index (χ3v) is 3.20. The second-order valence-corrected chi connectivity index (χ2v) is 5.20. The molecule has 0 spiro atoms. The summed E-state index contributed by atoms with van der Waals surface area (Å²) < 4.78 is 0.912. The maximum Gasteiger partial charge on any atom is 0.171 e. The summed E-state index contributed by atoms with van der Waals surface area (Å²) in [5, 5.41) is 7.70.